The van der Waals surface area contributed by atoms with E-state index in [2.05, 4.69) is 36.8 Å². The van der Waals surface area contributed by atoms with Crippen LogP contribution < -0.4 is 10.6 Å². The van der Waals surface area contributed by atoms with Crippen molar-refractivity contribution in [2.24, 2.45) is 0 Å². The Morgan fingerprint density at radius 1 is 1.10 bits per heavy atom. The first kappa shape index (κ1) is 22.0. The first-order valence-electron chi connectivity index (χ1n) is 8.15. The highest BCUT2D eigenvalue weighted by Gasteiger charge is 2.15. The van der Waals surface area contributed by atoms with Gasteiger partial charge in [-0.3, -0.25) is 14.9 Å². The summed E-state index contributed by atoms with van der Waals surface area (Å²) in [4.78, 5) is 24.4. The van der Waals surface area contributed by atoms with E-state index in [0.29, 0.717) is 31.6 Å². The molecule has 2 amide bonds. The summed E-state index contributed by atoms with van der Waals surface area (Å²) in [5, 5.41) is 14.6. The molecular weight excluding hydrogens is 519 g/mol. The average Bonchev–Trinajstić information content (AvgIpc) is 3.15. The molecule has 0 fully saturated rings. The standard InChI is InChI=1S/C18H13BrCl2N4O2S2/c19-11-5-6-14(21)12(7-11)16(27)23-17-24-25-18(29-17)28-9-15(26)22-8-10-3-1-2-4-13(10)20/h1-7H,8-9H2,(H,22,26)(H,23,24,27). The summed E-state index contributed by atoms with van der Waals surface area (Å²) in [6.45, 7) is 0.351. The molecule has 0 saturated carbocycles. The lowest BCUT2D eigenvalue weighted by Gasteiger charge is -2.06. The predicted octanol–water partition coefficient (Wildman–Crippen LogP) is 5.27. The molecule has 11 heteroatoms. The third-order valence-corrected chi connectivity index (χ3v) is 6.72. The molecule has 1 heterocycles. The highest BCUT2D eigenvalue weighted by Crippen LogP contribution is 2.27. The topological polar surface area (TPSA) is 84.0 Å². The third kappa shape index (κ3) is 6.42. The van der Waals surface area contributed by atoms with Gasteiger partial charge < -0.3 is 5.32 Å². The van der Waals surface area contributed by atoms with Gasteiger partial charge in [0.05, 0.1) is 16.3 Å². The van der Waals surface area contributed by atoms with Crippen molar-refractivity contribution in [2.75, 3.05) is 11.1 Å². The number of hydrogen-bond acceptors (Lipinski definition) is 6. The Balaban J connectivity index is 1.50. The maximum atomic E-state index is 12.4. The van der Waals surface area contributed by atoms with Gasteiger partial charge >= 0.3 is 0 Å². The van der Waals surface area contributed by atoms with Crippen molar-refractivity contribution in [1.29, 1.82) is 0 Å². The summed E-state index contributed by atoms with van der Waals surface area (Å²) < 4.78 is 1.30. The zero-order valence-corrected chi connectivity index (χ0v) is 19.3. The quantitative estimate of drug-likeness (QED) is 0.320. The fourth-order valence-corrected chi connectivity index (χ4v) is 4.51. The van der Waals surface area contributed by atoms with Gasteiger partial charge in [-0.1, -0.05) is 80.4 Å². The Kier molecular flexibility index (Phi) is 7.91. The summed E-state index contributed by atoms with van der Waals surface area (Å²) in [5.41, 5.74) is 1.17. The number of halogens is 3. The second-order valence-electron chi connectivity index (χ2n) is 5.61. The fraction of sp³-hybridized carbons (Fsp3) is 0.111. The van der Waals surface area contributed by atoms with Crippen LogP contribution in [0.1, 0.15) is 15.9 Å². The van der Waals surface area contributed by atoms with Gasteiger partial charge in [0, 0.05) is 16.0 Å². The van der Waals surface area contributed by atoms with E-state index in [0.717, 1.165) is 10.0 Å². The number of hydrogen-bond donors (Lipinski definition) is 2. The molecule has 150 valence electrons. The lowest BCUT2D eigenvalue weighted by molar-refractivity contribution is -0.118. The van der Waals surface area contributed by atoms with Crippen molar-refractivity contribution in [3.05, 3.63) is 68.1 Å². The predicted molar refractivity (Wildman–Crippen MR) is 121 cm³/mol. The normalized spacial score (nSPS) is 10.6. The number of rotatable bonds is 7. The minimum atomic E-state index is -0.388. The summed E-state index contributed by atoms with van der Waals surface area (Å²) in [5.74, 6) is -0.372. The minimum absolute atomic E-state index is 0.156. The van der Waals surface area contributed by atoms with Gasteiger partial charge in [0.15, 0.2) is 4.34 Å². The van der Waals surface area contributed by atoms with Gasteiger partial charge in [-0.05, 0) is 29.8 Å². The molecule has 3 aromatic rings. The smallest absolute Gasteiger partial charge is 0.259 e. The number of carbonyl (C=O) groups excluding carboxylic acids is 2. The molecule has 0 spiro atoms. The van der Waals surface area contributed by atoms with Crippen LogP contribution in [0.5, 0.6) is 0 Å². The Morgan fingerprint density at radius 3 is 2.69 bits per heavy atom. The second kappa shape index (κ2) is 10.4. The van der Waals surface area contributed by atoms with Crippen LogP contribution in [-0.2, 0) is 11.3 Å². The van der Waals surface area contributed by atoms with E-state index in [1.165, 1.54) is 23.1 Å². The van der Waals surface area contributed by atoms with E-state index in [9.17, 15) is 9.59 Å². The first-order chi connectivity index (χ1) is 13.9. The van der Waals surface area contributed by atoms with Crippen molar-refractivity contribution < 1.29 is 9.59 Å². The van der Waals surface area contributed by atoms with Gasteiger partial charge in [-0.2, -0.15) is 0 Å². The second-order valence-corrected chi connectivity index (χ2v) is 9.54. The van der Waals surface area contributed by atoms with Crippen LogP contribution in [0.2, 0.25) is 10.0 Å². The highest BCUT2D eigenvalue weighted by molar-refractivity contribution is 9.10. The molecule has 0 unspecified atom stereocenters. The van der Waals surface area contributed by atoms with E-state index in [-0.39, 0.29) is 17.6 Å². The minimum Gasteiger partial charge on any atom is -0.351 e. The molecule has 0 aliphatic heterocycles. The van der Waals surface area contributed by atoms with Crippen LogP contribution in [0.25, 0.3) is 0 Å². The van der Waals surface area contributed by atoms with Crippen molar-refractivity contribution in [1.82, 2.24) is 15.5 Å². The van der Waals surface area contributed by atoms with Crippen LogP contribution in [-0.4, -0.2) is 27.8 Å². The van der Waals surface area contributed by atoms with Gasteiger partial charge in [0.25, 0.3) is 5.91 Å². The lowest BCUT2D eigenvalue weighted by atomic mass is 10.2. The molecule has 0 bridgehead atoms. The van der Waals surface area contributed by atoms with Gasteiger partial charge in [0.1, 0.15) is 0 Å². The van der Waals surface area contributed by atoms with E-state index in [1.54, 1.807) is 24.3 Å². The monoisotopic (exact) mass is 530 g/mol. The van der Waals surface area contributed by atoms with E-state index >= 15 is 0 Å². The molecule has 2 aromatic carbocycles. The molecule has 1 aromatic heterocycles. The maximum absolute atomic E-state index is 12.4. The molecular formula is C18H13BrCl2N4O2S2. The first-order valence-corrected chi connectivity index (χ1v) is 11.5. The van der Waals surface area contributed by atoms with Crippen LogP contribution in [0.3, 0.4) is 0 Å². The number of nitrogens with zero attached hydrogens (tertiary/aromatic N) is 2. The summed E-state index contributed by atoms with van der Waals surface area (Å²) in [7, 11) is 0. The van der Waals surface area contributed by atoms with E-state index in [4.69, 9.17) is 23.2 Å². The highest BCUT2D eigenvalue weighted by atomic mass is 79.9. The SMILES string of the molecule is O=C(CSc1nnc(NC(=O)c2cc(Br)ccc2Cl)s1)NCc1ccccc1Cl. The molecule has 0 saturated heterocycles. The number of aromatic nitrogens is 2. The largest absolute Gasteiger partial charge is 0.351 e. The number of amides is 2. The molecule has 6 nitrogen and oxygen atoms in total. The summed E-state index contributed by atoms with van der Waals surface area (Å²) in [6.07, 6.45) is 0. The third-order valence-electron chi connectivity index (χ3n) is 3.56. The Bertz CT molecular complexity index is 1050. The Labute approximate surface area is 193 Å². The summed E-state index contributed by atoms with van der Waals surface area (Å²) >= 11 is 17.8. The molecule has 0 atom stereocenters. The average molecular weight is 532 g/mol. The lowest BCUT2D eigenvalue weighted by Crippen LogP contribution is -2.24. The molecule has 3 rings (SSSR count). The van der Waals surface area contributed by atoms with Gasteiger partial charge in [0.2, 0.25) is 11.0 Å². The maximum Gasteiger partial charge on any atom is 0.259 e. The zero-order chi connectivity index (χ0) is 20.8. The summed E-state index contributed by atoms with van der Waals surface area (Å²) in [6, 6.07) is 12.3. The van der Waals surface area contributed by atoms with Crippen molar-refractivity contribution in [3.63, 3.8) is 0 Å². The van der Waals surface area contributed by atoms with E-state index < -0.39 is 0 Å². The number of thioether (sulfide) groups is 1. The van der Waals surface area contributed by atoms with Crippen molar-refractivity contribution in [3.8, 4) is 0 Å². The Hall–Kier alpha value is -1.65. The zero-order valence-electron chi connectivity index (χ0n) is 14.6. The van der Waals surface area contributed by atoms with Crippen molar-refractivity contribution in [2.45, 2.75) is 10.9 Å². The van der Waals surface area contributed by atoms with Crippen LogP contribution in [0.15, 0.2) is 51.3 Å². The number of nitrogens with one attached hydrogen (secondary N) is 2. The van der Waals surface area contributed by atoms with Gasteiger partial charge in [-0.15, -0.1) is 10.2 Å². The van der Waals surface area contributed by atoms with Crippen molar-refractivity contribution >= 4 is 79.2 Å². The Morgan fingerprint density at radius 2 is 1.90 bits per heavy atom. The van der Waals surface area contributed by atoms with Crippen LogP contribution in [0, 0.1) is 0 Å². The molecule has 0 aliphatic rings. The molecule has 0 radical (unpaired) electrons. The number of carbonyl (C=O) groups is 2. The van der Waals surface area contributed by atoms with Crippen LogP contribution >= 0.6 is 62.2 Å². The van der Waals surface area contributed by atoms with Gasteiger partial charge in [-0.25, -0.2) is 0 Å². The molecule has 2 N–H and O–H groups in total. The van der Waals surface area contributed by atoms with E-state index in [1.807, 2.05) is 18.2 Å². The molecule has 0 aliphatic carbocycles. The molecule has 29 heavy (non-hydrogen) atoms. The fourth-order valence-electron chi connectivity index (χ4n) is 2.17. The number of benzene rings is 2. The number of anilines is 1. The van der Waals surface area contributed by atoms with Crippen LogP contribution in [0.4, 0.5) is 5.13 Å².